The number of anilines is 1. The molecule has 0 aliphatic heterocycles. The predicted molar refractivity (Wildman–Crippen MR) is 157 cm³/mol. The average Bonchev–Trinajstić information content (AvgIpc) is 2.89. The molecule has 0 aromatic heterocycles. The Bertz CT molecular complexity index is 1450. The molecule has 1 N–H and O–H groups in total. The van der Waals surface area contributed by atoms with Crippen LogP contribution < -0.4 is 9.62 Å². The molecule has 0 spiro atoms. The first-order valence-electron chi connectivity index (χ1n) is 13.5. The van der Waals surface area contributed by atoms with E-state index in [4.69, 9.17) is 0 Å². The van der Waals surface area contributed by atoms with Crippen molar-refractivity contribution < 1.29 is 26.8 Å². The summed E-state index contributed by atoms with van der Waals surface area (Å²) >= 11 is 0. The maximum absolute atomic E-state index is 13.9. The fourth-order valence-corrected chi connectivity index (χ4v) is 5.54. The second kappa shape index (κ2) is 14.2. The smallest absolute Gasteiger partial charge is 0.243 e. The Hall–Kier alpha value is -3.79. The van der Waals surface area contributed by atoms with Gasteiger partial charge in [0.05, 0.1) is 11.9 Å². The third kappa shape index (κ3) is 9.38. The van der Waals surface area contributed by atoms with Crippen LogP contribution in [0.5, 0.6) is 0 Å². The summed E-state index contributed by atoms with van der Waals surface area (Å²) in [6.45, 7) is 5.70. The van der Waals surface area contributed by atoms with Crippen molar-refractivity contribution in [2.24, 2.45) is 0 Å². The molecule has 0 heterocycles. The minimum Gasteiger partial charge on any atom is -0.352 e. The van der Waals surface area contributed by atoms with Gasteiger partial charge in [0.25, 0.3) is 0 Å². The van der Waals surface area contributed by atoms with Gasteiger partial charge in [0.1, 0.15) is 6.04 Å². The van der Waals surface area contributed by atoms with Gasteiger partial charge in [-0.15, -0.1) is 0 Å². The van der Waals surface area contributed by atoms with Crippen LogP contribution in [0.25, 0.3) is 0 Å². The largest absolute Gasteiger partial charge is 0.352 e. The number of hydrogen-bond acceptors (Lipinski definition) is 4. The molecule has 1 atom stereocenters. The van der Waals surface area contributed by atoms with Crippen LogP contribution in [0.1, 0.15) is 43.4 Å². The SMILES string of the molecule is Cc1cccc(CN(C(=O)CCCN(c2ccc(F)c(F)c2)S(C)(=O)=O)[C@H](Cc2ccccc2)C(=O)NC(C)C)c1. The van der Waals surface area contributed by atoms with E-state index in [2.05, 4.69) is 5.32 Å². The van der Waals surface area contributed by atoms with Crippen molar-refractivity contribution in [1.29, 1.82) is 0 Å². The summed E-state index contributed by atoms with van der Waals surface area (Å²) < 4.78 is 53.2. The van der Waals surface area contributed by atoms with Crippen molar-refractivity contribution in [3.05, 3.63) is 101 Å². The molecule has 0 bridgehead atoms. The number of halogens is 2. The standard InChI is InChI=1S/C31H37F2N3O4S/c1-22(2)34-31(38)29(19-24-11-6-5-7-12-24)35(21-25-13-8-10-23(3)18-25)30(37)14-9-17-36(41(4,39)40)26-15-16-27(32)28(33)20-26/h5-8,10-13,15-16,18,20,22,29H,9,14,17,19,21H2,1-4H3,(H,34,38)/t29-/m1/s1. The van der Waals surface area contributed by atoms with Gasteiger partial charge in [-0.25, -0.2) is 17.2 Å². The maximum Gasteiger partial charge on any atom is 0.243 e. The number of hydrogen-bond donors (Lipinski definition) is 1. The van der Waals surface area contributed by atoms with E-state index in [1.807, 2.05) is 75.4 Å². The van der Waals surface area contributed by atoms with E-state index < -0.39 is 27.7 Å². The predicted octanol–water partition coefficient (Wildman–Crippen LogP) is 4.98. The minimum absolute atomic E-state index is 0.0336. The van der Waals surface area contributed by atoms with Crippen LogP contribution in [0, 0.1) is 18.6 Å². The normalized spacial score (nSPS) is 12.2. The fourth-order valence-electron chi connectivity index (χ4n) is 4.59. The monoisotopic (exact) mass is 585 g/mol. The Morgan fingerprint density at radius 3 is 2.20 bits per heavy atom. The number of sulfonamides is 1. The first kappa shape index (κ1) is 31.7. The molecule has 0 saturated carbocycles. The number of carbonyl (C=O) groups is 2. The number of nitrogens with zero attached hydrogens (tertiary/aromatic N) is 2. The summed E-state index contributed by atoms with van der Waals surface area (Å²) in [4.78, 5) is 28.8. The second-order valence-electron chi connectivity index (χ2n) is 10.4. The van der Waals surface area contributed by atoms with Crippen molar-refractivity contribution in [1.82, 2.24) is 10.2 Å². The Morgan fingerprint density at radius 2 is 1.59 bits per heavy atom. The Balaban J connectivity index is 1.89. The molecule has 0 aliphatic carbocycles. The lowest BCUT2D eigenvalue weighted by Crippen LogP contribution is -2.51. The zero-order valence-electron chi connectivity index (χ0n) is 23.8. The van der Waals surface area contributed by atoms with Crippen LogP contribution in [0.2, 0.25) is 0 Å². The van der Waals surface area contributed by atoms with Crippen LogP contribution in [-0.2, 0) is 32.6 Å². The fraction of sp³-hybridized carbons (Fsp3) is 0.355. The van der Waals surface area contributed by atoms with Crippen LogP contribution >= 0.6 is 0 Å². The number of rotatable bonds is 13. The highest BCUT2D eigenvalue weighted by atomic mass is 32.2. The molecule has 3 aromatic carbocycles. The second-order valence-corrected chi connectivity index (χ2v) is 12.3. The Morgan fingerprint density at radius 1 is 0.902 bits per heavy atom. The Kier molecular flexibility index (Phi) is 11.0. The summed E-state index contributed by atoms with van der Waals surface area (Å²) in [7, 11) is -3.85. The van der Waals surface area contributed by atoms with E-state index in [0.717, 1.165) is 39.4 Å². The molecule has 0 radical (unpaired) electrons. The number of amides is 2. The number of nitrogens with one attached hydrogen (secondary N) is 1. The molecular weight excluding hydrogens is 548 g/mol. The van der Waals surface area contributed by atoms with Gasteiger partial charge in [0, 0.05) is 38.0 Å². The molecule has 2 amide bonds. The van der Waals surface area contributed by atoms with Crippen LogP contribution in [-0.4, -0.2) is 50.0 Å². The van der Waals surface area contributed by atoms with E-state index in [9.17, 15) is 26.8 Å². The van der Waals surface area contributed by atoms with Gasteiger partial charge in [0.15, 0.2) is 11.6 Å². The van der Waals surface area contributed by atoms with Crippen molar-refractivity contribution in [3.8, 4) is 0 Å². The molecule has 0 unspecified atom stereocenters. The van der Waals surface area contributed by atoms with E-state index in [0.29, 0.717) is 6.42 Å². The third-order valence-corrected chi connectivity index (χ3v) is 7.67. The highest BCUT2D eigenvalue weighted by Crippen LogP contribution is 2.22. The number of carbonyl (C=O) groups excluding carboxylic acids is 2. The topological polar surface area (TPSA) is 86.8 Å². The lowest BCUT2D eigenvalue weighted by Gasteiger charge is -2.32. The number of benzene rings is 3. The van der Waals surface area contributed by atoms with E-state index in [1.165, 1.54) is 6.07 Å². The van der Waals surface area contributed by atoms with Gasteiger partial charge in [0.2, 0.25) is 21.8 Å². The summed E-state index contributed by atoms with van der Waals surface area (Å²) in [5.74, 6) is -2.88. The van der Waals surface area contributed by atoms with E-state index >= 15 is 0 Å². The van der Waals surface area contributed by atoms with Crippen molar-refractivity contribution >= 4 is 27.5 Å². The maximum atomic E-state index is 13.9. The summed E-state index contributed by atoms with van der Waals surface area (Å²) in [5.41, 5.74) is 2.72. The Labute approximate surface area is 241 Å². The minimum atomic E-state index is -3.85. The molecule has 3 aromatic rings. The first-order chi connectivity index (χ1) is 19.3. The molecule has 220 valence electrons. The van der Waals surface area contributed by atoms with Crippen LogP contribution in [0.3, 0.4) is 0 Å². The zero-order chi connectivity index (χ0) is 30.2. The van der Waals surface area contributed by atoms with Crippen LogP contribution in [0.15, 0.2) is 72.8 Å². The molecular formula is C31H37F2N3O4S. The number of aryl methyl sites for hydroxylation is 1. The van der Waals surface area contributed by atoms with Gasteiger partial charge in [-0.1, -0.05) is 60.2 Å². The van der Waals surface area contributed by atoms with Gasteiger partial charge in [-0.2, -0.15) is 0 Å². The lowest BCUT2D eigenvalue weighted by molar-refractivity contribution is -0.141. The zero-order valence-corrected chi connectivity index (χ0v) is 24.6. The molecule has 41 heavy (non-hydrogen) atoms. The third-order valence-electron chi connectivity index (χ3n) is 6.48. The van der Waals surface area contributed by atoms with Crippen molar-refractivity contribution in [2.45, 2.75) is 58.7 Å². The van der Waals surface area contributed by atoms with Crippen molar-refractivity contribution in [3.63, 3.8) is 0 Å². The summed E-state index contributed by atoms with van der Waals surface area (Å²) in [6, 6.07) is 19.0. The molecule has 10 heteroatoms. The van der Waals surface area contributed by atoms with Gasteiger partial charge in [-0.3, -0.25) is 13.9 Å². The van der Waals surface area contributed by atoms with E-state index in [1.54, 1.807) is 4.90 Å². The van der Waals surface area contributed by atoms with E-state index in [-0.39, 0.29) is 49.5 Å². The summed E-state index contributed by atoms with van der Waals surface area (Å²) in [6.07, 6.45) is 1.29. The van der Waals surface area contributed by atoms with Crippen LogP contribution in [0.4, 0.5) is 14.5 Å². The lowest BCUT2D eigenvalue weighted by atomic mass is 10.0. The quantitative estimate of drug-likeness (QED) is 0.307. The molecule has 0 aliphatic rings. The van der Waals surface area contributed by atoms with Gasteiger partial charge in [-0.05, 0) is 50.5 Å². The van der Waals surface area contributed by atoms with Crippen molar-refractivity contribution in [2.75, 3.05) is 17.1 Å². The highest BCUT2D eigenvalue weighted by Gasteiger charge is 2.31. The van der Waals surface area contributed by atoms with Gasteiger partial charge < -0.3 is 10.2 Å². The molecule has 3 rings (SSSR count). The molecule has 7 nitrogen and oxygen atoms in total. The highest BCUT2D eigenvalue weighted by molar-refractivity contribution is 7.92. The first-order valence-corrected chi connectivity index (χ1v) is 15.3. The molecule has 0 saturated heterocycles. The molecule has 0 fully saturated rings. The summed E-state index contributed by atoms with van der Waals surface area (Å²) in [5, 5.41) is 2.93. The van der Waals surface area contributed by atoms with Gasteiger partial charge >= 0.3 is 0 Å². The average molecular weight is 586 g/mol.